The predicted octanol–water partition coefficient (Wildman–Crippen LogP) is 5.10. The van der Waals surface area contributed by atoms with Gasteiger partial charge >= 0.3 is 6.18 Å². The summed E-state index contributed by atoms with van der Waals surface area (Å²) in [6.45, 7) is 0.879. The van der Waals surface area contributed by atoms with E-state index < -0.39 is 24.0 Å². The number of fused-ring (bicyclic) bond motifs is 3. The van der Waals surface area contributed by atoms with Crippen LogP contribution in [-0.4, -0.2) is 50.4 Å². The highest BCUT2D eigenvalue weighted by Gasteiger charge is 2.52. The lowest BCUT2D eigenvalue weighted by Crippen LogP contribution is -2.51. The van der Waals surface area contributed by atoms with Gasteiger partial charge in [0.25, 0.3) is 0 Å². The van der Waals surface area contributed by atoms with E-state index in [1.807, 2.05) is 34.9 Å². The summed E-state index contributed by atoms with van der Waals surface area (Å²) in [5.74, 6) is 1.99. The van der Waals surface area contributed by atoms with Crippen LogP contribution in [0.3, 0.4) is 0 Å². The van der Waals surface area contributed by atoms with Crippen LogP contribution in [-0.2, 0) is 29.7 Å². The molecule has 0 fully saturated rings. The number of aromatic nitrogens is 4. The molecule has 202 valence electrons. The Bertz CT molecular complexity index is 1560. The highest BCUT2D eigenvalue weighted by molar-refractivity contribution is 5.89. The normalized spacial score (nSPS) is 19.1. The third-order valence-electron chi connectivity index (χ3n) is 7.55. The lowest BCUT2D eigenvalue weighted by Gasteiger charge is -2.37. The third-order valence-corrected chi connectivity index (χ3v) is 7.55. The number of alkyl halides is 3. The Labute approximate surface area is 222 Å². The summed E-state index contributed by atoms with van der Waals surface area (Å²) in [7, 11) is 1.55. The maximum Gasteiger partial charge on any atom is 0.406 e. The fraction of sp³-hybridized carbons (Fsp3) is 0.357. The van der Waals surface area contributed by atoms with Crippen molar-refractivity contribution < 1.29 is 27.1 Å². The van der Waals surface area contributed by atoms with Crippen LogP contribution in [0, 0.1) is 6.92 Å². The first-order chi connectivity index (χ1) is 18.7. The average molecular weight is 538 g/mol. The molecule has 1 amide bonds. The molecule has 11 heteroatoms. The van der Waals surface area contributed by atoms with Crippen molar-refractivity contribution >= 4 is 5.91 Å². The van der Waals surface area contributed by atoms with Gasteiger partial charge in [-0.05, 0) is 42.5 Å². The van der Waals surface area contributed by atoms with Crippen molar-refractivity contribution in [3.05, 3.63) is 71.5 Å². The SMILES string of the molecule is COc1cc(-c2nnc3n2CCCC32Cc3ccccc3CN(CC(F)(F)F)C2=O)ccc1-c1cnc(C)o1. The Morgan fingerprint density at radius 1 is 1.13 bits per heavy atom. The van der Waals surface area contributed by atoms with Gasteiger partial charge in [0.15, 0.2) is 17.5 Å². The summed E-state index contributed by atoms with van der Waals surface area (Å²) in [5.41, 5.74) is 1.74. The molecule has 0 bridgehead atoms. The number of methoxy groups -OCH3 is 1. The summed E-state index contributed by atoms with van der Waals surface area (Å²) < 4.78 is 53.9. The first-order valence-electron chi connectivity index (χ1n) is 12.7. The zero-order valence-electron chi connectivity index (χ0n) is 21.5. The number of rotatable bonds is 4. The largest absolute Gasteiger partial charge is 0.496 e. The van der Waals surface area contributed by atoms with Crippen molar-refractivity contribution in [3.63, 3.8) is 0 Å². The molecule has 0 saturated heterocycles. The van der Waals surface area contributed by atoms with Crippen LogP contribution in [0.1, 0.15) is 35.7 Å². The Kier molecular flexibility index (Phi) is 5.96. The number of amides is 1. The van der Waals surface area contributed by atoms with Gasteiger partial charge in [0.1, 0.15) is 23.5 Å². The highest BCUT2D eigenvalue weighted by atomic mass is 19.4. The van der Waals surface area contributed by atoms with Crippen molar-refractivity contribution in [2.45, 2.75) is 50.9 Å². The first-order valence-corrected chi connectivity index (χ1v) is 12.7. The number of carbonyl (C=O) groups is 1. The number of halogens is 3. The molecule has 8 nitrogen and oxygen atoms in total. The summed E-state index contributed by atoms with van der Waals surface area (Å²) in [6, 6.07) is 12.8. The van der Waals surface area contributed by atoms with Gasteiger partial charge in [0.05, 0.1) is 18.9 Å². The standard InChI is InChI=1S/C28H26F3N5O3/c1-17-32-14-23(39-17)21-9-8-18(12-22(21)38-2)24-33-34-25-27(10-5-11-36(24)25)13-19-6-3-4-7-20(19)15-35(26(27)37)16-28(29,30)31/h3-4,6-9,12,14H,5,10-11,13,15-16H2,1-2H3. The molecule has 0 saturated carbocycles. The molecule has 6 rings (SSSR count). The van der Waals surface area contributed by atoms with Gasteiger partial charge < -0.3 is 18.6 Å². The number of ether oxygens (including phenoxy) is 1. The van der Waals surface area contributed by atoms with E-state index in [2.05, 4.69) is 15.2 Å². The van der Waals surface area contributed by atoms with Crippen LogP contribution in [0.15, 0.2) is 53.1 Å². The zero-order chi connectivity index (χ0) is 27.4. The molecular weight excluding hydrogens is 511 g/mol. The van der Waals surface area contributed by atoms with E-state index in [1.165, 1.54) is 0 Å². The molecule has 4 aromatic rings. The molecule has 0 N–H and O–H groups in total. The van der Waals surface area contributed by atoms with Crippen LogP contribution in [0.25, 0.3) is 22.7 Å². The minimum absolute atomic E-state index is 0.100. The fourth-order valence-electron chi connectivity index (χ4n) is 5.83. The van der Waals surface area contributed by atoms with Crippen LogP contribution in [0.5, 0.6) is 5.75 Å². The van der Waals surface area contributed by atoms with E-state index in [0.717, 1.165) is 16.0 Å². The minimum atomic E-state index is -4.52. The van der Waals surface area contributed by atoms with Gasteiger partial charge in [-0.25, -0.2) is 4.98 Å². The number of nitrogens with zero attached hydrogens (tertiary/aromatic N) is 5. The monoisotopic (exact) mass is 537 g/mol. The number of hydrogen-bond acceptors (Lipinski definition) is 6. The number of aryl methyl sites for hydroxylation is 1. The summed E-state index contributed by atoms with van der Waals surface area (Å²) in [5, 5.41) is 8.91. The number of benzene rings is 2. The topological polar surface area (TPSA) is 86.3 Å². The van der Waals surface area contributed by atoms with E-state index in [1.54, 1.807) is 32.4 Å². The van der Waals surface area contributed by atoms with Crippen molar-refractivity contribution in [3.8, 4) is 28.5 Å². The van der Waals surface area contributed by atoms with Crippen molar-refractivity contribution in [1.29, 1.82) is 0 Å². The van der Waals surface area contributed by atoms with E-state index in [0.29, 0.717) is 59.6 Å². The van der Waals surface area contributed by atoms with Gasteiger partial charge in [-0.15, -0.1) is 10.2 Å². The third kappa shape index (κ3) is 4.35. The Balaban J connectivity index is 1.45. The molecule has 2 aromatic carbocycles. The van der Waals surface area contributed by atoms with Crippen molar-refractivity contribution in [2.24, 2.45) is 0 Å². The molecule has 1 atom stereocenters. The van der Waals surface area contributed by atoms with E-state index in [4.69, 9.17) is 9.15 Å². The highest BCUT2D eigenvalue weighted by Crippen LogP contribution is 2.43. The molecule has 4 heterocycles. The van der Waals surface area contributed by atoms with Crippen molar-refractivity contribution in [2.75, 3.05) is 13.7 Å². The smallest absolute Gasteiger partial charge is 0.406 e. The van der Waals surface area contributed by atoms with Crippen LogP contribution >= 0.6 is 0 Å². The van der Waals surface area contributed by atoms with Gasteiger partial charge in [-0.3, -0.25) is 4.79 Å². The predicted molar refractivity (Wildman–Crippen MR) is 135 cm³/mol. The molecular formula is C28H26F3N5O3. The Morgan fingerprint density at radius 2 is 1.92 bits per heavy atom. The molecule has 0 radical (unpaired) electrons. The van der Waals surface area contributed by atoms with E-state index >= 15 is 0 Å². The second-order valence-corrected chi connectivity index (χ2v) is 10.1. The number of hydrogen-bond donors (Lipinski definition) is 0. The molecule has 39 heavy (non-hydrogen) atoms. The molecule has 1 unspecified atom stereocenters. The maximum atomic E-state index is 14.0. The summed E-state index contributed by atoms with van der Waals surface area (Å²) in [6.07, 6.45) is -1.65. The minimum Gasteiger partial charge on any atom is -0.496 e. The maximum absolute atomic E-state index is 14.0. The van der Waals surface area contributed by atoms with E-state index in [9.17, 15) is 18.0 Å². The van der Waals surface area contributed by atoms with Gasteiger partial charge in [0.2, 0.25) is 5.91 Å². The van der Waals surface area contributed by atoms with Crippen LogP contribution in [0.4, 0.5) is 13.2 Å². The number of carbonyl (C=O) groups excluding carboxylic acids is 1. The molecule has 0 aliphatic carbocycles. The van der Waals surface area contributed by atoms with E-state index in [-0.39, 0.29) is 13.0 Å². The Hall–Kier alpha value is -4.15. The van der Waals surface area contributed by atoms with Crippen LogP contribution in [0.2, 0.25) is 0 Å². The second-order valence-electron chi connectivity index (χ2n) is 10.1. The van der Waals surface area contributed by atoms with Gasteiger partial charge in [0, 0.05) is 25.6 Å². The molecule has 2 aromatic heterocycles. The fourth-order valence-corrected chi connectivity index (χ4v) is 5.83. The quantitative estimate of drug-likeness (QED) is 0.360. The van der Waals surface area contributed by atoms with Gasteiger partial charge in [-0.2, -0.15) is 13.2 Å². The first kappa shape index (κ1) is 25.1. The molecule has 1 spiro atoms. The Morgan fingerprint density at radius 3 is 2.64 bits per heavy atom. The molecule has 2 aliphatic heterocycles. The summed E-state index contributed by atoms with van der Waals surface area (Å²) in [4.78, 5) is 19.1. The van der Waals surface area contributed by atoms with Gasteiger partial charge in [-0.1, -0.05) is 30.3 Å². The van der Waals surface area contributed by atoms with Crippen molar-refractivity contribution in [1.82, 2.24) is 24.6 Å². The van der Waals surface area contributed by atoms with Crippen LogP contribution < -0.4 is 4.74 Å². The zero-order valence-corrected chi connectivity index (χ0v) is 21.5. The summed E-state index contributed by atoms with van der Waals surface area (Å²) >= 11 is 0. The number of oxazole rings is 1. The lowest BCUT2D eigenvalue weighted by molar-refractivity contribution is -0.166. The molecule has 2 aliphatic rings. The second kappa shape index (κ2) is 9.25. The lowest BCUT2D eigenvalue weighted by atomic mass is 9.74. The average Bonchev–Trinajstić information content (AvgIpc) is 3.52.